The van der Waals surface area contributed by atoms with Gasteiger partial charge in [0, 0.05) is 32.1 Å². The molecule has 0 bridgehead atoms. The zero-order valence-corrected chi connectivity index (χ0v) is 10.4. The molecule has 2 aliphatic heterocycles. The number of carbonyl (C=O) groups excluding carboxylic acids is 2. The summed E-state index contributed by atoms with van der Waals surface area (Å²) in [5.41, 5.74) is 0. The Labute approximate surface area is 102 Å². The Bertz CT molecular complexity index is 304. The van der Waals surface area contributed by atoms with E-state index in [9.17, 15) is 9.59 Å². The van der Waals surface area contributed by atoms with Crippen molar-refractivity contribution in [1.82, 2.24) is 15.5 Å². The summed E-state index contributed by atoms with van der Waals surface area (Å²) in [5, 5.41) is 5.88. The van der Waals surface area contributed by atoms with E-state index in [0.29, 0.717) is 19.0 Å². The summed E-state index contributed by atoms with van der Waals surface area (Å²) in [5.74, 6) is 0.0220. The molecule has 5 nitrogen and oxygen atoms in total. The predicted molar refractivity (Wildman–Crippen MR) is 64.4 cm³/mol. The molecule has 0 saturated carbocycles. The summed E-state index contributed by atoms with van der Waals surface area (Å²) in [4.78, 5) is 25.5. The second kappa shape index (κ2) is 5.49. The number of likely N-dealkylation sites (N-methyl/N-ethyl adjacent to an activating group) is 1. The van der Waals surface area contributed by atoms with Crippen molar-refractivity contribution >= 4 is 11.8 Å². The third-order valence-corrected chi connectivity index (χ3v) is 3.68. The van der Waals surface area contributed by atoms with Crippen molar-refractivity contribution < 1.29 is 9.59 Å². The Kier molecular flexibility index (Phi) is 3.99. The second-order valence-electron chi connectivity index (χ2n) is 4.94. The lowest BCUT2D eigenvalue weighted by Crippen LogP contribution is -2.50. The van der Waals surface area contributed by atoms with Crippen molar-refractivity contribution in [2.45, 2.75) is 31.7 Å². The third kappa shape index (κ3) is 2.77. The summed E-state index contributed by atoms with van der Waals surface area (Å²) in [7, 11) is 1.91. The van der Waals surface area contributed by atoms with Gasteiger partial charge in [-0.3, -0.25) is 9.59 Å². The standard InChI is InChI=1S/C12H21N3O2/c1-13-8-10-4-2-3-5-15(10)12(17)9-6-11(16)14-7-9/h9-10,13H,2-8H2,1H3,(H,14,16). The Morgan fingerprint density at radius 1 is 1.53 bits per heavy atom. The van der Waals surface area contributed by atoms with Crippen LogP contribution in [0.1, 0.15) is 25.7 Å². The van der Waals surface area contributed by atoms with Crippen LogP contribution in [0.4, 0.5) is 0 Å². The first-order chi connectivity index (χ1) is 8.22. The number of rotatable bonds is 3. The summed E-state index contributed by atoms with van der Waals surface area (Å²) in [6.07, 6.45) is 3.71. The summed E-state index contributed by atoms with van der Waals surface area (Å²) >= 11 is 0. The van der Waals surface area contributed by atoms with E-state index in [1.807, 2.05) is 11.9 Å². The second-order valence-corrected chi connectivity index (χ2v) is 4.94. The van der Waals surface area contributed by atoms with Crippen LogP contribution in [-0.2, 0) is 9.59 Å². The molecule has 0 radical (unpaired) electrons. The van der Waals surface area contributed by atoms with E-state index >= 15 is 0 Å². The number of likely N-dealkylation sites (tertiary alicyclic amines) is 1. The van der Waals surface area contributed by atoms with Gasteiger partial charge < -0.3 is 15.5 Å². The van der Waals surface area contributed by atoms with E-state index in [1.165, 1.54) is 6.42 Å². The topological polar surface area (TPSA) is 61.4 Å². The van der Waals surface area contributed by atoms with E-state index in [-0.39, 0.29) is 17.7 Å². The highest BCUT2D eigenvalue weighted by molar-refractivity contribution is 5.89. The minimum Gasteiger partial charge on any atom is -0.355 e. The molecule has 2 aliphatic rings. The smallest absolute Gasteiger partial charge is 0.228 e. The van der Waals surface area contributed by atoms with Crippen molar-refractivity contribution in [2.24, 2.45) is 5.92 Å². The van der Waals surface area contributed by atoms with Gasteiger partial charge in [-0.25, -0.2) is 0 Å². The maximum atomic E-state index is 12.3. The molecule has 2 amide bonds. The normalized spacial score (nSPS) is 29.2. The average molecular weight is 239 g/mol. The molecule has 2 N–H and O–H groups in total. The van der Waals surface area contributed by atoms with Gasteiger partial charge in [0.25, 0.3) is 0 Å². The van der Waals surface area contributed by atoms with Crippen molar-refractivity contribution in [3.8, 4) is 0 Å². The first kappa shape index (κ1) is 12.4. The molecule has 0 aromatic carbocycles. The van der Waals surface area contributed by atoms with E-state index in [1.54, 1.807) is 0 Å². The van der Waals surface area contributed by atoms with Gasteiger partial charge in [-0.1, -0.05) is 0 Å². The summed E-state index contributed by atoms with van der Waals surface area (Å²) in [6.45, 7) is 2.20. The molecule has 2 heterocycles. The molecule has 96 valence electrons. The van der Waals surface area contributed by atoms with E-state index in [2.05, 4.69) is 10.6 Å². The highest BCUT2D eigenvalue weighted by Gasteiger charge is 2.35. The number of nitrogens with zero attached hydrogens (tertiary/aromatic N) is 1. The first-order valence-electron chi connectivity index (χ1n) is 6.44. The van der Waals surface area contributed by atoms with Crippen LogP contribution in [0, 0.1) is 5.92 Å². The van der Waals surface area contributed by atoms with Crippen LogP contribution in [0.25, 0.3) is 0 Å². The SMILES string of the molecule is CNCC1CCCCN1C(=O)C1CNC(=O)C1. The Morgan fingerprint density at radius 3 is 3.00 bits per heavy atom. The molecule has 2 atom stereocenters. The zero-order chi connectivity index (χ0) is 12.3. The minimum atomic E-state index is -0.139. The summed E-state index contributed by atoms with van der Waals surface area (Å²) in [6, 6.07) is 0.303. The molecule has 0 aliphatic carbocycles. The zero-order valence-electron chi connectivity index (χ0n) is 10.4. The van der Waals surface area contributed by atoms with Gasteiger partial charge in [0.15, 0.2) is 0 Å². The quantitative estimate of drug-likeness (QED) is 0.712. The summed E-state index contributed by atoms with van der Waals surface area (Å²) < 4.78 is 0. The fourth-order valence-electron chi connectivity index (χ4n) is 2.75. The molecular weight excluding hydrogens is 218 g/mol. The maximum absolute atomic E-state index is 12.3. The van der Waals surface area contributed by atoms with Crippen LogP contribution in [0.2, 0.25) is 0 Å². The van der Waals surface area contributed by atoms with Gasteiger partial charge in [-0.05, 0) is 26.3 Å². The highest BCUT2D eigenvalue weighted by atomic mass is 16.2. The lowest BCUT2D eigenvalue weighted by molar-refractivity contribution is -0.139. The third-order valence-electron chi connectivity index (χ3n) is 3.68. The maximum Gasteiger partial charge on any atom is 0.228 e. The number of hydrogen-bond donors (Lipinski definition) is 2. The molecule has 2 saturated heterocycles. The first-order valence-corrected chi connectivity index (χ1v) is 6.44. The lowest BCUT2D eigenvalue weighted by atomic mass is 9.98. The van der Waals surface area contributed by atoms with Gasteiger partial charge in [-0.2, -0.15) is 0 Å². The van der Waals surface area contributed by atoms with Crippen LogP contribution in [0.15, 0.2) is 0 Å². The number of amides is 2. The molecule has 17 heavy (non-hydrogen) atoms. The van der Waals surface area contributed by atoms with Crippen LogP contribution < -0.4 is 10.6 Å². The molecular formula is C12H21N3O2. The van der Waals surface area contributed by atoms with Crippen molar-refractivity contribution in [1.29, 1.82) is 0 Å². The fraction of sp³-hybridized carbons (Fsp3) is 0.833. The molecule has 5 heteroatoms. The predicted octanol–water partition coefficient (Wildman–Crippen LogP) is -0.277. The van der Waals surface area contributed by atoms with Crippen LogP contribution in [0.5, 0.6) is 0 Å². The Morgan fingerprint density at radius 2 is 2.35 bits per heavy atom. The molecule has 2 fully saturated rings. The van der Waals surface area contributed by atoms with Gasteiger partial charge in [0.1, 0.15) is 0 Å². The molecule has 2 rings (SSSR count). The van der Waals surface area contributed by atoms with Gasteiger partial charge in [0.2, 0.25) is 11.8 Å². The van der Waals surface area contributed by atoms with Crippen LogP contribution >= 0.6 is 0 Å². The molecule has 2 unspecified atom stereocenters. The van der Waals surface area contributed by atoms with E-state index in [0.717, 1.165) is 25.9 Å². The average Bonchev–Trinajstić information content (AvgIpc) is 2.76. The molecule has 0 aromatic heterocycles. The number of nitrogens with one attached hydrogen (secondary N) is 2. The highest BCUT2D eigenvalue weighted by Crippen LogP contribution is 2.21. The van der Waals surface area contributed by atoms with Crippen LogP contribution in [0.3, 0.4) is 0 Å². The largest absolute Gasteiger partial charge is 0.355 e. The Balaban J connectivity index is 1.98. The monoisotopic (exact) mass is 239 g/mol. The Hall–Kier alpha value is -1.10. The van der Waals surface area contributed by atoms with E-state index < -0.39 is 0 Å². The van der Waals surface area contributed by atoms with Crippen LogP contribution in [-0.4, -0.2) is 49.4 Å². The molecule has 0 spiro atoms. The van der Waals surface area contributed by atoms with E-state index in [4.69, 9.17) is 0 Å². The fourth-order valence-corrected chi connectivity index (χ4v) is 2.75. The number of carbonyl (C=O) groups is 2. The van der Waals surface area contributed by atoms with Gasteiger partial charge in [-0.15, -0.1) is 0 Å². The van der Waals surface area contributed by atoms with Gasteiger partial charge >= 0.3 is 0 Å². The van der Waals surface area contributed by atoms with Crippen molar-refractivity contribution in [3.05, 3.63) is 0 Å². The number of piperidine rings is 1. The lowest BCUT2D eigenvalue weighted by Gasteiger charge is -2.37. The molecule has 0 aromatic rings. The minimum absolute atomic E-state index is 0.00512. The van der Waals surface area contributed by atoms with Gasteiger partial charge in [0.05, 0.1) is 5.92 Å². The number of hydrogen-bond acceptors (Lipinski definition) is 3. The van der Waals surface area contributed by atoms with Crippen molar-refractivity contribution in [2.75, 3.05) is 26.7 Å². The van der Waals surface area contributed by atoms with Crippen molar-refractivity contribution in [3.63, 3.8) is 0 Å².